The van der Waals surface area contributed by atoms with Crippen LogP contribution in [-0.2, 0) is 11.2 Å². The van der Waals surface area contributed by atoms with Crippen LogP contribution in [0.4, 0.5) is 17.5 Å². The van der Waals surface area contributed by atoms with Crippen molar-refractivity contribution in [3.05, 3.63) is 59.1 Å². The molecule has 0 spiro atoms. The Bertz CT molecular complexity index is 950. The monoisotopic (exact) mass is 415 g/mol. The lowest BCUT2D eigenvalue weighted by molar-refractivity contribution is 0.601. The molecular weight excluding hydrogens is 394 g/mol. The fraction of sp³-hybridized carbons (Fsp3) is 0.200. The lowest BCUT2D eigenvalue weighted by Gasteiger charge is -2.12. The van der Waals surface area contributed by atoms with Gasteiger partial charge >= 0.3 is 0 Å². The minimum atomic E-state index is -0.968. The molecule has 0 amide bonds. The molecule has 146 valence electrons. The van der Waals surface area contributed by atoms with Gasteiger partial charge in [-0.1, -0.05) is 23.7 Å². The van der Waals surface area contributed by atoms with Gasteiger partial charge in [-0.15, -0.1) is 0 Å². The smallest absolute Gasteiger partial charge is 0.222 e. The van der Waals surface area contributed by atoms with Gasteiger partial charge < -0.3 is 20.9 Å². The van der Waals surface area contributed by atoms with Gasteiger partial charge in [-0.2, -0.15) is 4.98 Å². The number of nitrogens with two attached hydrogens (primary N) is 1. The quantitative estimate of drug-likeness (QED) is 0.399. The van der Waals surface area contributed by atoms with E-state index in [0.29, 0.717) is 23.9 Å². The molecule has 1 atom stereocenters. The Labute approximate surface area is 172 Å². The second kappa shape index (κ2) is 9.14. The fourth-order valence-corrected chi connectivity index (χ4v) is 3.44. The van der Waals surface area contributed by atoms with Crippen LogP contribution in [0.1, 0.15) is 5.56 Å². The van der Waals surface area contributed by atoms with Crippen LogP contribution in [0.25, 0.3) is 11.3 Å². The number of nitrogen functional groups attached to an aromatic ring is 1. The largest absolute Gasteiger partial charge is 0.612 e. The highest BCUT2D eigenvalue weighted by atomic mass is 35.5. The lowest BCUT2D eigenvalue weighted by Crippen LogP contribution is -2.15. The average molecular weight is 416 g/mol. The first kappa shape index (κ1) is 20.3. The molecule has 0 saturated heterocycles. The number of anilines is 3. The maximum Gasteiger partial charge on any atom is 0.222 e. The first-order valence-corrected chi connectivity index (χ1v) is 10.7. The Kier molecular flexibility index (Phi) is 6.61. The molecular formula is C20H22ClN5OS. The molecule has 0 aliphatic carbocycles. The first-order chi connectivity index (χ1) is 13.4. The number of aromatic nitrogens is 2. The second-order valence-electron chi connectivity index (χ2n) is 6.24. The van der Waals surface area contributed by atoms with Gasteiger partial charge in [0.05, 0.1) is 5.69 Å². The molecule has 6 nitrogen and oxygen atoms in total. The number of hydrogen-bond acceptors (Lipinski definition) is 6. The van der Waals surface area contributed by atoms with Gasteiger partial charge in [0.15, 0.2) is 4.90 Å². The number of nitrogens with one attached hydrogen (secondary N) is 2. The predicted octanol–water partition coefficient (Wildman–Crippen LogP) is 3.95. The third-order valence-electron chi connectivity index (χ3n) is 4.23. The van der Waals surface area contributed by atoms with Gasteiger partial charge in [-0.3, -0.25) is 0 Å². The molecule has 8 heteroatoms. The number of hydrogen-bond donors (Lipinski definition) is 3. The second-order valence-corrected chi connectivity index (χ2v) is 8.03. The zero-order chi connectivity index (χ0) is 20.1. The molecule has 2 aromatic carbocycles. The summed E-state index contributed by atoms with van der Waals surface area (Å²) < 4.78 is 11.4. The fourth-order valence-electron chi connectivity index (χ4n) is 2.74. The lowest BCUT2D eigenvalue weighted by atomic mass is 10.1. The van der Waals surface area contributed by atoms with Crippen molar-refractivity contribution in [1.82, 2.24) is 9.97 Å². The van der Waals surface area contributed by atoms with Crippen molar-refractivity contribution in [3.8, 4) is 11.3 Å². The molecule has 4 N–H and O–H groups in total. The molecule has 0 aliphatic rings. The van der Waals surface area contributed by atoms with E-state index in [1.807, 2.05) is 55.5 Å². The maximum atomic E-state index is 11.4. The van der Waals surface area contributed by atoms with Gasteiger partial charge in [0.25, 0.3) is 0 Å². The van der Waals surface area contributed by atoms with Crippen molar-refractivity contribution < 1.29 is 4.55 Å². The van der Waals surface area contributed by atoms with Crippen LogP contribution in [0.15, 0.2) is 53.4 Å². The number of rotatable bonds is 7. The Morgan fingerprint density at radius 1 is 1.07 bits per heavy atom. The van der Waals surface area contributed by atoms with Gasteiger partial charge in [0.1, 0.15) is 12.1 Å². The number of halogens is 1. The van der Waals surface area contributed by atoms with E-state index in [-0.39, 0.29) is 5.95 Å². The molecule has 0 aliphatic heterocycles. The highest BCUT2D eigenvalue weighted by Gasteiger charge is 2.09. The van der Waals surface area contributed by atoms with Crippen LogP contribution in [-0.4, -0.2) is 33.9 Å². The standard InChI is InChI=1S/C20H22ClN5OS/c1-13-16(4-3-5-17(13)21)18-12-19(26-20(22)25-18)24-11-10-23-14-6-8-15(9-7-14)28(2)27/h3-9,12,23H,10-11H2,1-2H3,(H3,22,24,25,26). The molecule has 0 radical (unpaired) electrons. The van der Waals surface area contributed by atoms with E-state index in [1.165, 1.54) is 0 Å². The molecule has 1 aromatic heterocycles. The molecule has 1 unspecified atom stereocenters. The summed E-state index contributed by atoms with van der Waals surface area (Å²) in [6.07, 6.45) is 1.67. The van der Waals surface area contributed by atoms with Crippen LogP contribution in [0.3, 0.4) is 0 Å². The summed E-state index contributed by atoms with van der Waals surface area (Å²) >= 11 is 5.25. The molecule has 28 heavy (non-hydrogen) atoms. The molecule has 3 rings (SSSR count). The van der Waals surface area contributed by atoms with E-state index >= 15 is 0 Å². The highest BCUT2D eigenvalue weighted by Crippen LogP contribution is 2.28. The summed E-state index contributed by atoms with van der Waals surface area (Å²) in [6, 6.07) is 15.1. The van der Waals surface area contributed by atoms with Crippen molar-refractivity contribution in [2.24, 2.45) is 0 Å². The SMILES string of the molecule is Cc1c(Cl)cccc1-c1cc(NCCNc2ccc([S+](C)[O-])cc2)nc(N)n1. The summed E-state index contributed by atoms with van der Waals surface area (Å²) in [5, 5.41) is 7.25. The molecule has 0 saturated carbocycles. The first-order valence-electron chi connectivity index (χ1n) is 8.75. The van der Waals surface area contributed by atoms with E-state index in [0.717, 1.165) is 27.4 Å². The number of benzene rings is 2. The summed E-state index contributed by atoms with van der Waals surface area (Å²) in [7, 11) is 0. The third kappa shape index (κ3) is 5.07. The van der Waals surface area contributed by atoms with Crippen LogP contribution < -0.4 is 16.4 Å². The van der Waals surface area contributed by atoms with Crippen molar-refractivity contribution >= 4 is 40.2 Å². The zero-order valence-electron chi connectivity index (χ0n) is 15.7. The Morgan fingerprint density at radius 2 is 1.79 bits per heavy atom. The van der Waals surface area contributed by atoms with Gasteiger partial charge in [-0.05, 0) is 54.0 Å². The van der Waals surface area contributed by atoms with Gasteiger partial charge in [-0.25, -0.2) is 4.98 Å². The maximum absolute atomic E-state index is 11.4. The predicted molar refractivity (Wildman–Crippen MR) is 117 cm³/mol. The van der Waals surface area contributed by atoms with Crippen molar-refractivity contribution in [3.63, 3.8) is 0 Å². The topological polar surface area (TPSA) is 98.9 Å². The van der Waals surface area contributed by atoms with Crippen LogP contribution in [0.5, 0.6) is 0 Å². The highest BCUT2D eigenvalue weighted by molar-refractivity contribution is 7.90. The zero-order valence-corrected chi connectivity index (χ0v) is 17.3. The number of nitrogens with zero attached hydrogens (tertiary/aromatic N) is 2. The van der Waals surface area contributed by atoms with Gasteiger partial charge in [0.2, 0.25) is 5.95 Å². The normalized spacial score (nSPS) is 11.9. The Morgan fingerprint density at radius 3 is 2.50 bits per heavy atom. The van der Waals surface area contributed by atoms with E-state index in [4.69, 9.17) is 17.3 Å². The molecule has 0 fully saturated rings. The third-order valence-corrected chi connectivity index (χ3v) is 5.58. The average Bonchev–Trinajstić information content (AvgIpc) is 2.67. The van der Waals surface area contributed by atoms with Crippen LogP contribution >= 0.6 is 11.6 Å². The summed E-state index contributed by atoms with van der Waals surface area (Å²) in [4.78, 5) is 9.39. The van der Waals surface area contributed by atoms with Crippen LogP contribution in [0, 0.1) is 6.92 Å². The van der Waals surface area contributed by atoms with Crippen molar-refractivity contribution in [2.75, 3.05) is 35.7 Å². The van der Waals surface area contributed by atoms with Crippen molar-refractivity contribution in [2.45, 2.75) is 11.8 Å². The van der Waals surface area contributed by atoms with Crippen molar-refractivity contribution in [1.29, 1.82) is 0 Å². The minimum Gasteiger partial charge on any atom is -0.612 e. The van der Waals surface area contributed by atoms with Gasteiger partial charge in [0, 0.05) is 35.4 Å². The minimum absolute atomic E-state index is 0.204. The van der Waals surface area contributed by atoms with Crippen LogP contribution in [0.2, 0.25) is 5.02 Å². The summed E-state index contributed by atoms with van der Waals surface area (Å²) in [5.74, 6) is 0.857. The van der Waals surface area contributed by atoms with E-state index in [1.54, 1.807) is 6.26 Å². The van der Waals surface area contributed by atoms with E-state index in [9.17, 15) is 4.55 Å². The summed E-state index contributed by atoms with van der Waals surface area (Å²) in [5.41, 5.74) is 9.45. The molecule has 1 heterocycles. The van der Waals surface area contributed by atoms with E-state index in [2.05, 4.69) is 20.6 Å². The summed E-state index contributed by atoms with van der Waals surface area (Å²) in [6.45, 7) is 3.28. The van der Waals surface area contributed by atoms with E-state index < -0.39 is 11.2 Å². The Hall–Kier alpha value is -2.48. The Balaban J connectivity index is 1.62. The molecule has 0 bridgehead atoms. The molecule has 3 aromatic rings.